The van der Waals surface area contributed by atoms with Gasteiger partial charge in [0.15, 0.2) is 5.82 Å². The molecular weight excluding hydrogens is 608 g/mol. The van der Waals surface area contributed by atoms with Crippen molar-refractivity contribution in [2.45, 2.75) is 73.1 Å². The molecule has 3 fully saturated rings. The van der Waals surface area contributed by atoms with E-state index in [2.05, 4.69) is 61.6 Å². The Hall–Kier alpha value is -3.25. The molecule has 3 saturated heterocycles. The van der Waals surface area contributed by atoms with Gasteiger partial charge in [-0.2, -0.15) is 0 Å². The van der Waals surface area contributed by atoms with Gasteiger partial charge >= 0.3 is 0 Å². The van der Waals surface area contributed by atoms with Crippen LogP contribution in [0.25, 0.3) is 0 Å². The highest BCUT2D eigenvalue weighted by Crippen LogP contribution is 2.39. The largest absolute Gasteiger partial charge is 0.384 e. The summed E-state index contributed by atoms with van der Waals surface area (Å²) in [7, 11) is 0. The van der Waals surface area contributed by atoms with Crippen LogP contribution in [0.15, 0.2) is 58.6 Å². The van der Waals surface area contributed by atoms with Crippen molar-refractivity contribution in [1.29, 1.82) is 0 Å². The number of halogens is 1. The summed E-state index contributed by atoms with van der Waals surface area (Å²) in [5, 5.41) is 17.2. The first kappa shape index (κ1) is 31.7. The van der Waals surface area contributed by atoms with Gasteiger partial charge in [-0.15, -0.1) is 0 Å². The van der Waals surface area contributed by atoms with Crippen molar-refractivity contribution in [2.24, 2.45) is 11.7 Å². The normalized spacial score (nSPS) is 22.3. The maximum absolute atomic E-state index is 12.3. The Balaban J connectivity index is 0.998. The number of hydrogen-bond donors (Lipinski definition) is 5. The molecule has 1 amide bonds. The summed E-state index contributed by atoms with van der Waals surface area (Å²) in [6, 6.07) is 14.3. The summed E-state index contributed by atoms with van der Waals surface area (Å²) >= 11 is 8.29. The van der Waals surface area contributed by atoms with Crippen LogP contribution in [-0.2, 0) is 4.79 Å². The van der Waals surface area contributed by atoms with Gasteiger partial charge in [0.2, 0.25) is 5.91 Å². The molecule has 0 aliphatic carbocycles. The van der Waals surface area contributed by atoms with Crippen LogP contribution in [0.4, 0.5) is 23.0 Å². The molecule has 3 aliphatic heterocycles. The Morgan fingerprint density at radius 2 is 1.80 bits per heavy atom. The van der Waals surface area contributed by atoms with Gasteiger partial charge in [-0.1, -0.05) is 41.6 Å². The van der Waals surface area contributed by atoms with Gasteiger partial charge in [-0.25, -0.2) is 9.97 Å². The van der Waals surface area contributed by atoms with Crippen molar-refractivity contribution < 1.29 is 9.90 Å². The van der Waals surface area contributed by atoms with Crippen LogP contribution in [-0.4, -0.2) is 65.5 Å². The number of aliphatic hydroxyl groups is 1. The molecule has 0 saturated carbocycles. The molecule has 7 N–H and O–H groups in total. The molecule has 0 bridgehead atoms. The zero-order valence-electron chi connectivity index (χ0n) is 25.7. The van der Waals surface area contributed by atoms with E-state index in [1.807, 2.05) is 18.2 Å². The molecule has 4 heterocycles. The van der Waals surface area contributed by atoms with Crippen LogP contribution in [0, 0.1) is 5.92 Å². The summed E-state index contributed by atoms with van der Waals surface area (Å²) in [5.41, 5.74) is 15.6. The minimum Gasteiger partial charge on any atom is -0.384 e. The molecule has 2 unspecified atom stereocenters. The van der Waals surface area contributed by atoms with Crippen LogP contribution in [0.3, 0.4) is 0 Å². The number of amides is 1. The van der Waals surface area contributed by atoms with Crippen molar-refractivity contribution in [2.75, 3.05) is 53.6 Å². The SMILES string of the molecule is CC1(N)CCN(c2cnc(Sc3cccc(NCC4CCN(c5ccc(C6CCC(O)NC6=O)cc5)CC4)c3Cl)c(N)n2)CC1. The van der Waals surface area contributed by atoms with Gasteiger partial charge in [-0.3, -0.25) is 4.79 Å². The number of nitrogens with one attached hydrogen (secondary N) is 2. The van der Waals surface area contributed by atoms with E-state index in [4.69, 9.17) is 23.1 Å². The Morgan fingerprint density at radius 3 is 2.49 bits per heavy atom. The third-order valence-corrected chi connectivity index (χ3v) is 10.9. The van der Waals surface area contributed by atoms with Gasteiger partial charge in [0.25, 0.3) is 0 Å². The van der Waals surface area contributed by atoms with E-state index < -0.39 is 6.23 Å². The molecule has 45 heavy (non-hydrogen) atoms. The lowest BCUT2D eigenvalue weighted by atomic mass is 9.90. The van der Waals surface area contributed by atoms with Crippen LogP contribution >= 0.6 is 23.4 Å². The topological polar surface area (TPSA) is 146 Å². The minimum atomic E-state index is -0.727. The smallest absolute Gasteiger partial charge is 0.229 e. The fourth-order valence-electron chi connectivity index (χ4n) is 6.37. The lowest BCUT2D eigenvalue weighted by molar-refractivity contribution is -0.128. The van der Waals surface area contributed by atoms with Crippen LogP contribution < -0.4 is 31.9 Å². The van der Waals surface area contributed by atoms with Crippen LogP contribution in [0.5, 0.6) is 0 Å². The predicted octanol–water partition coefficient (Wildman–Crippen LogP) is 4.82. The Morgan fingerprint density at radius 1 is 1.07 bits per heavy atom. The summed E-state index contributed by atoms with van der Waals surface area (Å²) < 4.78 is 0. The van der Waals surface area contributed by atoms with Crippen molar-refractivity contribution in [1.82, 2.24) is 15.3 Å². The monoisotopic (exact) mass is 650 g/mol. The second-order valence-corrected chi connectivity index (χ2v) is 14.2. The first-order valence-corrected chi connectivity index (χ1v) is 17.0. The molecule has 2 atom stereocenters. The fraction of sp³-hybridized carbons (Fsp3) is 0.485. The number of aromatic nitrogens is 2. The number of anilines is 4. The molecule has 10 nitrogen and oxygen atoms in total. The molecule has 0 radical (unpaired) electrons. The van der Waals surface area contributed by atoms with E-state index in [1.165, 1.54) is 17.4 Å². The second kappa shape index (κ2) is 13.6. The standard InChI is InChI=1S/C33H43ClN8O2S/c1-33(36)13-17-42(18-14-33)27-20-38-32(30(35)39-27)45-26-4-2-3-25(29(26)34)37-19-21-11-15-41(16-12-21)23-7-5-22(6-8-23)24-9-10-28(43)40-31(24)44/h2-8,20-21,24,28,37,43H,9-19,36H2,1H3,(H2,35,39)(H,40,44). The third kappa shape index (κ3) is 7.60. The van der Waals surface area contributed by atoms with Crippen molar-refractivity contribution in [3.05, 3.63) is 59.2 Å². The molecule has 3 aliphatic rings. The molecule has 6 rings (SSSR count). The third-order valence-electron chi connectivity index (χ3n) is 9.36. The Labute approximate surface area is 274 Å². The van der Waals surface area contributed by atoms with Crippen LogP contribution in [0.1, 0.15) is 56.9 Å². The maximum atomic E-state index is 12.3. The van der Waals surface area contributed by atoms with Gasteiger partial charge in [0.1, 0.15) is 17.1 Å². The molecule has 12 heteroatoms. The lowest BCUT2D eigenvalue weighted by Crippen LogP contribution is -2.48. The lowest BCUT2D eigenvalue weighted by Gasteiger charge is -2.37. The number of carbonyl (C=O) groups is 1. The minimum absolute atomic E-state index is 0.0976. The zero-order valence-corrected chi connectivity index (χ0v) is 27.3. The van der Waals surface area contributed by atoms with E-state index in [9.17, 15) is 9.90 Å². The van der Waals surface area contributed by atoms with Crippen molar-refractivity contribution in [3.8, 4) is 0 Å². The summed E-state index contributed by atoms with van der Waals surface area (Å²) in [5.74, 6) is 1.43. The number of nitrogens with two attached hydrogens (primary N) is 2. The summed E-state index contributed by atoms with van der Waals surface area (Å²) in [4.78, 5) is 27.0. The Bertz CT molecular complexity index is 1490. The van der Waals surface area contributed by atoms with Gasteiger partial charge in [0.05, 0.1) is 22.8 Å². The van der Waals surface area contributed by atoms with E-state index in [-0.39, 0.29) is 17.4 Å². The van der Waals surface area contributed by atoms with E-state index in [1.54, 1.807) is 6.20 Å². The summed E-state index contributed by atoms with van der Waals surface area (Å²) in [6.07, 6.45) is 6.27. The molecule has 0 spiro atoms. The molecule has 1 aromatic heterocycles. The van der Waals surface area contributed by atoms with Gasteiger partial charge in [0, 0.05) is 48.8 Å². The number of rotatable bonds is 8. The van der Waals surface area contributed by atoms with Crippen molar-refractivity contribution >= 4 is 52.3 Å². The average molecular weight is 651 g/mol. The van der Waals surface area contributed by atoms with E-state index >= 15 is 0 Å². The first-order chi connectivity index (χ1) is 21.6. The summed E-state index contributed by atoms with van der Waals surface area (Å²) in [6.45, 7) is 6.57. The highest BCUT2D eigenvalue weighted by atomic mass is 35.5. The molecule has 240 valence electrons. The number of nitrogen functional groups attached to an aromatic ring is 1. The first-order valence-electron chi connectivity index (χ1n) is 15.9. The molecule has 3 aromatic rings. The average Bonchev–Trinajstić information content (AvgIpc) is 3.03. The number of hydrogen-bond acceptors (Lipinski definition) is 10. The number of benzene rings is 2. The van der Waals surface area contributed by atoms with E-state index in [0.717, 1.165) is 80.4 Å². The maximum Gasteiger partial charge on any atom is 0.229 e. The highest BCUT2D eigenvalue weighted by Gasteiger charge is 2.29. The van der Waals surface area contributed by atoms with Gasteiger partial charge < -0.3 is 37.0 Å². The number of piperidine rings is 3. The van der Waals surface area contributed by atoms with E-state index in [0.29, 0.717) is 34.6 Å². The zero-order chi connectivity index (χ0) is 31.6. The number of nitrogens with zero attached hydrogens (tertiary/aromatic N) is 4. The predicted molar refractivity (Wildman–Crippen MR) is 182 cm³/mol. The quantitative estimate of drug-likeness (QED) is 0.230. The highest BCUT2D eigenvalue weighted by molar-refractivity contribution is 7.99. The van der Waals surface area contributed by atoms with Gasteiger partial charge in [-0.05, 0) is 81.2 Å². The number of carbonyl (C=O) groups excluding carboxylic acids is 1. The Kier molecular flexibility index (Phi) is 9.60. The fourth-order valence-corrected chi connectivity index (χ4v) is 7.49. The van der Waals surface area contributed by atoms with Crippen LogP contribution in [0.2, 0.25) is 5.02 Å². The second-order valence-electron chi connectivity index (χ2n) is 12.8. The molecular formula is C33H43ClN8O2S. The molecule has 2 aromatic carbocycles. The number of aliphatic hydroxyl groups excluding tert-OH is 1. The van der Waals surface area contributed by atoms with Crippen molar-refractivity contribution in [3.63, 3.8) is 0 Å².